The zero-order chi connectivity index (χ0) is 19.2. The Morgan fingerprint density at radius 1 is 1.15 bits per heavy atom. The average Bonchev–Trinajstić information content (AvgIpc) is 3.09. The van der Waals surface area contributed by atoms with Gasteiger partial charge >= 0.3 is 6.03 Å². The number of nitrogens with zero attached hydrogens (tertiary/aromatic N) is 4. The third kappa shape index (κ3) is 4.75. The van der Waals surface area contributed by atoms with Gasteiger partial charge in [-0.15, -0.1) is 0 Å². The van der Waals surface area contributed by atoms with Gasteiger partial charge in [-0.05, 0) is 25.1 Å². The minimum atomic E-state index is -0.842. The molecule has 2 amide bonds. The van der Waals surface area contributed by atoms with Crippen molar-refractivity contribution in [3.05, 3.63) is 60.2 Å². The summed E-state index contributed by atoms with van der Waals surface area (Å²) in [6, 6.07) is 6.20. The van der Waals surface area contributed by atoms with E-state index < -0.39 is 23.4 Å². The fourth-order valence-corrected chi connectivity index (χ4v) is 2.25. The molecule has 27 heavy (non-hydrogen) atoms. The number of anilines is 2. The first-order valence-electron chi connectivity index (χ1n) is 8.10. The Hall–Kier alpha value is -3.56. The summed E-state index contributed by atoms with van der Waals surface area (Å²) in [4.78, 5) is 20.0. The first-order chi connectivity index (χ1) is 13.0. The molecular weight excluding hydrogens is 356 g/mol. The molecule has 8 nitrogen and oxygen atoms in total. The molecule has 0 saturated carbocycles. The van der Waals surface area contributed by atoms with E-state index in [1.165, 1.54) is 12.4 Å². The van der Waals surface area contributed by atoms with Crippen molar-refractivity contribution in [1.29, 1.82) is 0 Å². The Morgan fingerprint density at radius 2 is 1.93 bits per heavy atom. The molecule has 0 saturated heterocycles. The summed E-state index contributed by atoms with van der Waals surface area (Å²) < 4.78 is 28.6. The van der Waals surface area contributed by atoms with Crippen molar-refractivity contribution < 1.29 is 13.6 Å². The second-order valence-electron chi connectivity index (χ2n) is 5.57. The highest BCUT2D eigenvalue weighted by molar-refractivity contribution is 5.89. The number of carbonyl (C=O) groups excluding carboxylic acids is 1. The number of rotatable bonds is 6. The van der Waals surface area contributed by atoms with Gasteiger partial charge < -0.3 is 16.0 Å². The first-order valence-corrected chi connectivity index (χ1v) is 8.10. The lowest BCUT2D eigenvalue weighted by molar-refractivity contribution is 0.252. The molecule has 2 heterocycles. The summed E-state index contributed by atoms with van der Waals surface area (Å²) in [6.07, 6.45) is 3.19. The fourth-order valence-electron chi connectivity index (χ4n) is 2.25. The van der Waals surface area contributed by atoms with Gasteiger partial charge in [-0.1, -0.05) is 6.07 Å². The molecule has 2 aromatic heterocycles. The van der Waals surface area contributed by atoms with Gasteiger partial charge in [0.05, 0.1) is 5.69 Å². The molecule has 0 fully saturated rings. The number of nitrogens with one attached hydrogen (secondary N) is 3. The topological polar surface area (TPSA) is 96.8 Å². The summed E-state index contributed by atoms with van der Waals surface area (Å²) in [5.74, 6) is -0.534. The molecular formula is C17H17F2N7O. The molecule has 3 rings (SSSR count). The lowest BCUT2D eigenvalue weighted by atomic mass is 10.3. The number of carbonyl (C=O) groups is 1. The van der Waals surface area contributed by atoms with Crippen molar-refractivity contribution in [1.82, 2.24) is 25.1 Å². The summed E-state index contributed by atoms with van der Waals surface area (Å²) in [5, 5.41) is 11.9. The first kappa shape index (κ1) is 18.2. The minimum absolute atomic E-state index is 0.210. The van der Waals surface area contributed by atoms with Crippen LogP contribution >= 0.6 is 0 Å². The summed E-state index contributed by atoms with van der Waals surface area (Å²) in [5.41, 5.74) is 0.377. The summed E-state index contributed by atoms with van der Waals surface area (Å²) >= 11 is 0. The van der Waals surface area contributed by atoms with Crippen LogP contribution in [0.25, 0.3) is 5.82 Å². The number of para-hydroxylation sites is 1. The molecule has 0 unspecified atom stereocenters. The Kier molecular flexibility index (Phi) is 5.55. The monoisotopic (exact) mass is 373 g/mol. The zero-order valence-electron chi connectivity index (χ0n) is 14.4. The number of amides is 2. The predicted octanol–water partition coefficient (Wildman–Crippen LogP) is 2.48. The van der Waals surface area contributed by atoms with E-state index in [9.17, 15) is 13.6 Å². The van der Waals surface area contributed by atoms with Crippen molar-refractivity contribution >= 4 is 17.5 Å². The zero-order valence-corrected chi connectivity index (χ0v) is 14.4. The highest BCUT2D eigenvalue weighted by Crippen LogP contribution is 2.17. The van der Waals surface area contributed by atoms with E-state index in [2.05, 4.69) is 31.0 Å². The Morgan fingerprint density at radius 3 is 2.63 bits per heavy atom. The van der Waals surface area contributed by atoms with Crippen molar-refractivity contribution in [2.45, 2.75) is 6.92 Å². The highest BCUT2D eigenvalue weighted by atomic mass is 19.1. The number of hydrogen-bond acceptors (Lipinski definition) is 5. The van der Waals surface area contributed by atoms with Crippen LogP contribution in [0.1, 0.15) is 5.69 Å². The van der Waals surface area contributed by atoms with Crippen LogP contribution < -0.4 is 16.0 Å². The van der Waals surface area contributed by atoms with E-state index in [1.807, 2.05) is 13.0 Å². The van der Waals surface area contributed by atoms with Crippen LogP contribution in [0.4, 0.5) is 25.1 Å². The molecule has 0 aliphatic heterocycles. The van der Waals surface area contributed by atoms with Gasteiger partial charge in [-0.3, -0.25) is 0 Å². The van der Waals surface area contributed by atoms with Gasteiger partial charge in [0.25, 0.3) is 0 Å². The molecule has 140 valence electrons. The largest absolute Gasteiger partial charge is 0.368 e. The van der Waals surface area contributed by atoms with E-state index in [0.29, 0.717) is 18.2 Å². The fraction of sp³-hybridized carbons (Fsp3) is 0.176. The normalized spacial score (nSPS) is 10.5. The minimum Gasteiger partial charge on any atom is -0.368 e. The Balaban J connectivity index is 1.48. The molecule has 0 radical (unpaired) electrons. The number of halogens is 2. The van der Waals surface area contributed by atoms with E-state index in [0.717, 1.165) is 17.8 Å². The van der Waals surface area contributed by atoms with Crippen LogP contribution in [0.2, 0.25) is 0 Å². The van der Waals surface area contributed by atoms with Crippen LogP contribution in [-0.4, -0.2) is 38.9 Å². The summed E-state index contributed by atoms with van der Waals surface area (Å²) in [7, 11) is 0. The SMILES string of the molecule is Cc1ccn(-c2cc(NCCNC(=O)Nc3c(F)cccc3F)ncn2)n1. The van der Waals surface area contributed by atoms with Crippen LogP contribution in [0, 0.1) is 18.6 Å². The van der Waals surface area contributed by atoms with E-state index in [4.69, 9.17) is 0 Å². The molecule has 0 bridgehead atoms. The Bertz CT molecular complexity index is 924. The van der Waals surface area contributed by atoms with Gasteiger partial charge in [-0.2, -0.15) is 5.10 Å². The third-order valence-electron chi connectivity index (χ3n) is 3.53. The average molecular weight is 373 g/mol. The lowest BCUT2D eigenvalue weighted by Gasteiger charge is -2.10. The predicted molar refractivity (Wildman–Crippen MR) is 95.8 cm³/mol. The van der Waals surface area contributed by atoms with E-state index in [-0.39, 0.29) is 6.54 Å². The smallest absolute Gasteiger partial charge is 0.319 e. The maximum Gasteiger partial charge on any atom is 0.319 e. The molecule has 0 aliphatic carbocycles. The molecule has 3 N–H and O–H groups in total. The quantitative estimate of drug-likeness (QED) is 0.577. The second kappa shape index (κ2) is 8.21. The third-order valence-corrected chi connectivity index (χ3v) is 3.53. The number of hydrogen-bond donors (Lipinski definition) is 3. The molecule has 3 aromatic rings. The molecule has 0 atom stereocenters. The standard InChI is InChI=1S/C17H17F2N7O/c1-11-5-8-26(25-11)15-9-14(22-10-23-15)20-6-7-21-17(27)24-16-12(18)3-2-4-13(16)19/h2-5,8-10H,6-7H2,1H3,(H,20,22,23)(H2,21,24,27). The molecule has 0 spiro atoms. The van der Waals surface area contributed by atoms with Gasteiger partial charge in [-0.25, -0.2) is 28.2 Å². The van der Waals surface area contributed by atoms with Crippen molar-refractivity contribution in [2.75, 3.05) is 23.7 Å². The molecule has 0 aliphatic rings. The van der Waals surface area contributed by atoms with E-state index >= 15 is 0 Å². The second-order valence-corrected chi connectivity index (χ2v) is 5.57. The number of benzene rings is 1. The van der Waals surface area contributed by atoms with Crippen LogP contribution in [0.15, 0.2) is 42.9 Å². The van der Waals surface area contributed by atoms with Gasteiger partial charge in [0, 0.05) is 25.4 Å². The van der Waals surface area contributed by atoms with Crippen LogP contribution in [0.3, 0.4) is 0 Å². The van der Waals surface area contributed by atoms with Crippen molar-refractivity contribution in [2.24, 2.45) is 0 Å². The number of aryl methyl sites for hydroxylation is 1. The maximum atomic E-state index is 13.5. The van der Waals surface area contributed by atoms with Crippen molar-refractivity contribution in [3.63, 3.8) is 0 Å². The summed E-state index contributed by atoms with van der Waals surface area (Å²) in [6.45, 7) is 2.44. The van der Waals surface area contributed by atoms with E-state index in [1.54, 1.807) is 16.9 Å². The number of urea groups is 1. The van der Waals surface area contributed by atoms with Crippen molar-refractivity contribution in [3.8, 4) is 5.82 Å². The Labute approximate surface area is 153 Å². The number of aromatic nitrogens is 4. The lowest BCUT2D eigenvalue weighted by Crippen LogP contribution is -2.33. The van der Waals surface area contributed by atoms with Crippen LogP contribution in [0.5, 0.6) is 0 Å². The van der Waals surface area contributed by atoms with Gasteiger partial charge in [0.2, 0.25) is 0 Å². The molecule has 10 heteroatoms. The highest BCUT2D eigenvalue weighted by Gasteiger charge is 2.11. The maximum absolute atomic E-state index is 13.5. The van der Waals surface area contributed by atoms with Crippen LogP contribution in [-0.2, 0) is 0 Å². The van der Waals surface area contributed by atoms with Gasteiger partial charge in [0.1, 0.15) is 29.5 Å². The molecule has 1 aromatic carbocycles. The van der Waals surface area contributed by atoms with Gasteiger partial charge in [0.15, 0.2) is 5.82 Å².